The van der Waals surface area contributed by atoms with Gasteiger partial charge in [-0.2, -0.15) is 5.26 Å². The van der Waals surface area contributed by atoms with Crippen LogP contribution in [0.2, 0.25) is 4.34 Å². The SMILES string of the molecule is CN(Cc1ccc(Cl)s1)CC(O)COc1ccc(C#N)cc1. The number of nitrogens with zero attached hydrogens (tertiary/aromatic N) is 2. The van der Waals surface area contributed by atoms with Gasteiger partial charge in [0.25, 0.3) is 0 Å². The van der Waals surface area contributed by atoms with Crippen molar-refractivity contribution in [1.29, 1.82) is 5.26 Å². The van der Waals surface area contributed by atoms with E-state index in [-0.39, 0.29) is 6.61 Å². The predicted octanol–water partition coefficient (Wildman–Crippen LogP) is 3.14. The zero-order valence-electron chi connectivity index (χ0n) is 12.2. The number of thiophene rings is 1. The standard InChI is InChI=1S/C16H17ClN2O2S/c1-19(10-15-6-7-16(17)22-15)9-13(20)11-21-14-4-2-12(8-18)3-5-14/h2-7,13,20H,9-11H2,1H3. The highest BCUT2D eigenvalue weighted by Gasteiger charge is 2.10. The second kappa shape index (κ2) is 8.16. The molecule has 0 bridgehead atoms. The van der Waals surface area contributed by atoms with E-state index in [1.54, 1.807) is 35.6 Å². The van der Waals surface area contributed by atoms with Crippen LogP contribution in [0.3, 0.4) is 0 Å². The van der Waals surface area contributed by atoms with Crippen LogP contribution in [0.5, 0.6) is 5.75 Å². The highest BCUT2D eigenvalue weighted by molar-refractivity contribution is 7.16. The van der Waals surface area contributed by atoms with Crippen LogP contribution in [0.15, 0.2) is 36.4 Å². The van der Waals surface area contributed by atoms with Gasteiger partial charge in [-0.15, -0.1) is 11.3 Å². The summed E-state index contributed by atoms with van der Waals surface area (Å²) in [6, 6.07) is 12.7. The molecular weight excluding hydrogens is 320 g/mol. The lowest BCUT2D eigenvalue weighted by atomic mass is 10.2. The Morgan fingerprint density at radius 2 is 2.05 bits per heavy atom. The fraction of sp³-hybridized carbons (Fsp3) is 0.312. The minimum absolute atomic E-state index is 0.210. The Balaban J connectivity index is 1.74. The molecule has 22 heavy (non-hydrogen) atoms. The van der Waals surface area contributed by atoms with Crippen molar-refractivity contribution in [3.63, 3.8) is 0 Å². The first-order valence-electron chi connectivity index (χ1n) is 6.80. The normalized spacial score (nSPS) is 12.1. The third kappa shape index (κ3) is 5.32. The molecule has 0 aliphatic rings. The summed E-state index contributed by atoms with van der Waals surface area (Å²) < 4.78 is 6.29. The van der Waals surface area contributed by atoms with Crippen LogP contribution in [-0.2, 0) is 6.54 Å². The van der Waals surface area contributed by atoms with Gasteiger partial charge in [0, 0.05) is 18.0 Å². The Hall–Kier alpha value is -1.58. The number of nitriles is 1. The van der Waals surface area contributed by atoms with E-state index >= 15 is 0 Å². The van der Waals surface area contributed by atoms with Gasteiger partial charge in [-0.3, -0.25) is 4.90 Å². The topological polar surface area (TPSA) is 56.5 Å². The highest BCUT2D eigenvalue weighted by Crippen LogP contribution is 2.22. The summed E-state index contributed by atoms with van der Waals surface area (Å²) in [7, 11) is 1.94. The molecule has 1 atom stereocenters. The van der Waals surface area contributed by atoms with E-state index < -0.39 is 6.10 Å². The van der Waals surface area contributed by atoms with E-state index in [9.17, 15) is 5.11 Å². The maximum Gasteiger partial charge on any atom is 0.119 e. The first-order valence-corrected chi connectivity index (χ1v) is 8.00. The zero-order valence-corrected chi connectivity index (χ0v) is 13.8. The fourth-order valence-electron chi connectivity index (χ4n) is 2.00. The lowest BCUT2D eigenvalue weighted by Crippen LogP contribution is -2.32. The first-order chi connectivity index (χ1) is 10.6. The van der Waals surface area contributed by atoms with Gasteiger partial charge in [-0.25, -0.2) is 0 Å². The van der Waals surface area contributed by atoms with Crippen LogP contribution in [-0.4, -0.2) is 36.3 Å². The lowest BCUT2D eigenvalue weighted by Gasteiger charge is -2.20. The summed E-state index contributed by atoms with van der Waals surface area (Å²) in [5.74, 6) is 0.644. The Morgan fingerprint density at radius 1 is 1.32 bits per heavy atom. The first kappa shape index (κ1) is 16.8. The van der Waals surface area contributed by atoms with Gasteiger partial charge < -0.3 is 9.84 Å². The van der Waals surface area contributed by atoms with Crippen LogP contribution >= 0.6 is 22.9 Å². The van der Waals surface area contributed by atoms with Crippen molar-refractivity contribution >= 4 is 22.9 Å². The molecule has 0 radical (unpaired) electrons. The molecule has 0 spiro atoms. The third-order valence-corrected chi connectivity index (χ3v) is 4.22. The number of aliphatic hydroxyl groups excluding tert-OH is 1. The van der Waals surface area contributed by atoms with E-state index in [1.165, 1.54) is 0 Å². The average Bonchev–Trinajstić information content (AvgIpc) is 2.90. The van der Waals surface area contributed by atoms with Gasteiger partial charge in [-0.1, -0.05) is 11.6 Å². The molecule has 1 N–H and O–H groups in total. The van der Waals surface area contributed by atoms with E-state index in [0.717, 1.165) is 15.8 Å². The number of aliphatic hydroxyl groups is 1. The number of halogens is 1. The van der Waals surface area contributed by atoms with Gasteiger partial charge in [0.05, 0.1) is 16.0 Å². The number of hydrogen-bond donors (Lipinski definition) is 1. The van der Waals surface area contributed by atoms with Gasteiger partial charge in [0.1, 0.15) is 18.5 Å². The van der Waals surface area contributed by atoms with E-state index in [2.05, 4.69) is 6.07 Å². The summed E-state index contributed by atoms with van der Waals surface area (Å²) >= 11 is 7.44. The Bertz CT molecular complexity index is 636. The number of benzene rings is 1. The summed E-state index contributed by atoms with van der Waals surface area (Å²) in [6.07, 6.45) is -0.587. The molecule has 2 rings (SSSR count). The van der Waals surface area contributed by atoms with Crippen molar-refractivity contribution in [2.75, 3.05) is 20.2 Å². The van der Waals surface area contributed by atoms with Gasteiger partial charge in [0.15, 0.2) is 0 Å². The second-order valence-electron chi connectivity index (χ2n) is 5.00. The van der Waals surface area contributed by atoms with Crippen molar-refractivity contribution in [3.05, 3.63) is 51.2 Å². The Labute approximate surface area is 139 Å². The molecule has 6 heteroatoms. The maximum atomic E-state index is 10.0. The van der Waals surface area contributed by atoms with E-state index in [4.69, 9.17) is 21.6 Å². The van der Waals surface area contributed by atoms with Crippen molar-refractivity contribution in [1.82, 2.24) is 4.90 Å². The summed E-state index contributed by atoms with van der Waals surface area (Å²) in [5.41, 5.74) is 0.585. The summed E-state index contributed by atoms with van der Waals surface area (Å²) in [4.78, 5) is 3.18. The van der Waals surface area contributed by atoms with Gasteiger partial charge >= 0.3 is 0 Å². The molecule has 116 valence electrons. The molecule has 0 saturated heterocycles. The third-order valence-electron chi connectivity index (χ3n) is 3.00. The lowest BCUT2D eigenvalue weighted by molar-refractivity contribution is 0.0746. The van der Waals surface area contributed by atoms with Gasteiger partial charge in [0.2, 0.25) is 0 Å². The number of ether oxygens (including phenoxy) is 1. The smallest absolute Gasteiger partial charge is 0.119 e. The van der Waals surface area contributed by atoms with Crippen LogP contribution in [0.1, 0.15) is 10.4 Å². The quantitative estimate of drug-likeness (QED) is 0.844. The average molecular weight is 337 g/mol. The maximum absolute atomic E-state index is 10.0. The molecule has 0 fully saturated rings. The molecule has 2 aromatic rings. The molecule has 1 aromatic carbocycles. The summed E-state index contributed by atoms with van der Waals surface area (Å²) in [5, 5.41) is 18.7. The highest BCUT2D eigenvalue weighted by atomic mass is 35.5. The predicted molar refractivity (Wildman–Crippen MR) is 88.3 cm³/mol. The van der Waals surface area contributed by atoms with Crippen molar-refractivity contribution in [2.45, 2.75) is 12.6 Å². The number of hydrogen-bond acceptors (Lipinski definition) is 5. The largest absolute Gasteiger partial charge is 0.491 e. The van der Waals surface area contributed by atoms with Crippen molar-refractivity contribution < 1.29 is 9.84 Å². The molecule has 4 nitrogen and oxygen atoms in total. The Kier molecular flexibility index (Phi) is 6.22. The number of likely N-dealkylation sites (N-methyl/N-ethyl adjacent to an activating group) is 1. The second-order valence-corrected chi connectivity index (χ2v) is 6.80. The van der Waals surface area contributed by atoms with Crippen LogP contribution in [0.25, 0.3) is 0 Å². The minimum Gasteiger partial charge on any atom is -0.491 e. The van der Waals surface area contributed by atoms with Crippen molar-refractivity contribution in [3.8, 4) is 11.8 Å². The molecule has 0 amide bonds. The van der Waals surface area contributed by atoms with Gasteiger partial charge in [-0.05, 0) is 43.4 Å². The fourth-order valence-corrected chi connectivity index (χ4v) is 3.17. The number of rotatable bonds is 7. The molecule has 0 aliphatic heterocycles. The molecule has 1 unspecified atom stereocenters. The molecular formula is C16H17ClN2O2S. The van der Waals surface area contributed by atoms with Crippen LogP contribution in [0.4, 0.5) is 0 Å². The van der Waals surface area contributed by atoms with E-state index in [0.29, 0.717) is 17.9 Å². The van der Waals surface area contributed by atoms with Crippen LogP contribution < -0.4 is 4.74 Å². The zero-order chi connectivity index (χ0) is 15.9. The van der Waals surface area contributed by atoms with E-state index in [1.807, 2.05) is 24.1 Å². The van der Waals surface area contributed by atoms with Crippen molar-refractivity contribution in [2.24, 2.45) is 0 Å². The minimum atomic E-state index is -0.587. The molecule has 0 saturated carbocycles. The monoisotopic (exact) mass is 336 g/mol. The summed E-state index contributed by atoms with van der Waals surface area (Å²) in [6.45, 7) is 1.46. The molecule has 1 aromatic heterocycles. The Morgan fingerprint density at radius 3 is 2.64 bits per heavy atom. The van der Waals surface area contributed by atoms with Crippen LogP contribution in [0, 0.1) is 11.3 Å². The molecule has 0 aliphatic carbocycles. The molecule has 1 heterocycles.